The fraction of sp³-hybridized carbons (Fsp3) is 1.00. The third-order valence-electron chi connectivity index (χ3n) is 4.31. The van der Waals surface area contributed by atoms with Crippen LogP contribution in [0.15, 0.2) is 0 Å². The molecule has 1 saturated heterocycles. The van der Waals surface area contributed by atoms with Gasteiger partial charge in [-0.05, 0) is 45.2 Å². The van der Waals surface area contributed by atoms with Crippen LogP contribution in [0.25, 0.3) is 0 Å². The summed E-state index contributed by atoms with van der Waals surface area (Å²) in [6, 6.07) is 0. The van der Waals surface area contributed by atoms with Crippen molar-refractivity contribution in [3.63, 3.8) is 0 Å². The zero-order valence-corrected chi connectivity index (χ0v) is 10.0. The van der Waals surface area contributed by atoms with Crippen molar-refractivity contribution in [3.05, 3.63) is 0 Å². The van der Waals surface area contributed by atoms with Crippen molar-refractivity contribution in [1.82, 2.24) is 4.90 Å². The van der Waals surface area contributed by atoms with Crippen LogP contribution in [-0.2, 0) is 0 Å². The van der Waals surface area contributed by atoms with Crippen LogP contribution in [0.1, 0.15) is 51.4 Å². The molecule has 1 aliphatic carbocycles. The number of hydrogen-bond donors (Lipinski definition) is 1. The van der Waals surface area contributed by atoms with Gasteiger partial charge in [0, 0.05) is 6.54 Å². The maximum Gasteiger partial charge on any atom is 0.0802 e. The highest BCUT2D eigenvalue weighted by Crippen LogP contribution is 2.36. The fourth-order valence-electron chi connectivity index (χ4n) is 3.43. The number of rotatable bonds is 1. The largest absolute Gasteiger partial charge is 0.388 e. The van der Waals surface area contributed by atoms with Crippen molar-refractivity contribution in [2.24, 2.45) is 5.92 Å². The molecule has 0 radical (unpaired) electrons. The first-order valence-corrected chi connectivity index (χ1v) is 6.62. The lowest BCUT2D eigenvalue weighted by Gasteiger charge is -2.42. The first-order valence-electron chi connectivity index (χ1n) is 6.62. The highest BCUT2D eigenvalue weighted by Gasteiger charge is 2.39. The Labute approximate surface area is 93.7 Å². The Morgan fingerprint density at radius 3 is 2.33 bits per heavy atom. The Morgan fingerprint density at radius 2 is 1.73 bits per heavy atom. The van der Waals surface area contributed by atoms with Gasteiger partial charge in [0.2, 0.25) is 0 Å². The fourth-order valence-corrected chi connectivity index (χ4v) is 3.43. The van der Waals surface area contributed by atoms with Crippen LogP contribution < -0.4 is 0 Å². The second kappa shape index (κ2) is 4.84. The second-order valence-electron chi connectivity index (χ2n) is 5.63. The van der Waals surface area contributed by atoms with Gasteiger partial charge in [0.15, 0.2) is 0 Å². The van der Waals surface area contributed by atoms with Gasteiger partial charge in [-0.15, -0.1) is 0 Å². The third kappa shape index (κ3) is 2.73. The van der Waals surface area contributed by atoms with Crippen molar-refractivity contribution >= 4 is 0 Å². The highest BCUT2D eigenvalue weighted by molar-refractivity contribution is 4.92. The molecule has 2 nitrogen and oxygen atoms in total. The SMILES string of the molecule is CN1CCCC(O)(C2CCCCCC2)C1. The molecule has 0 aromatic rings. The average molecular weight is 211 g/mol. The summed E-state index contributed by atoms with van der Waals surface area (Å²) in [5.41, 5.74) is -0.364. The molecule has 2 heteroatoms. The summed E-state index contributed by atoms with van der Waals surface area (Å²) in [4.78, 5) is 2.30. The van der Waals surface area contributed by atoms with E-state index in [-0.39, 0.29) is 5.60 Å². The van der Waals surface area contributed by atoms with Crippen molar-refractivity contribution in [3.8, 4) is 0 Å². The van der Waals surface area contributed by atoms with Gasteiger partial charge in [-0.25, -0.2) is 0 Å². The predicted molar refractivity (Wildman–Crippen MR) is 62.9 cm³/mol. The second-order valence-corrected chi connectivity index (χ2v) is 5.63. The Morgan fingerprint density at radius 1 is 1.07 bits per heavy atom. The average Bonchev–Trinajstić information content (AvgIpc) is 2.45. The van der Waals surface area contributed by atoms with E-state index < -0.39 is 0 Å². The van der Waals surface area contributed by atoms with Crippen LogP contribution in [0.4, 0.5) is 0 Å². The third-order valence-corrected chi connectivity index (χ3v) is 4.31. The van der Waals surface area contributed by atoms with E-state index in [9.17, 15) is 5.11 Å². The minimum Gasteiger partial charge on any atom is -0.388 e. The lowest BCUT2D eigenvalue weighted by molar-refractivity contribution is -0.0733. The first kappa shape index (κ1) is 11.4. The molecular formula is C13H25NO. The number of piperidine rings is 1. The van der Waals surface area contributed by atoms with E-state index in [1.807, 2.05) is 0 Å². The molecule has 0 aromatic heterocycles. The summed E-state index contributed by atoms with van der Waals surface area (Å²) >= 11 is 0. The van der Waals surface area contributed by atoms with Gasteiger partial charge < -0.3 is 10.0 Å². The molecule has 0 amide bonds. The summed E-state index contributed by atoms with van der Waals surface area (Å²) in [6.07, 6.45) is 10.1. The molecule has 1 N–H and O–H groups in total. The monoisotopic (exact) mass is 211 g/mol. The lowest BCUT2D eigenvalue weighted by Crippen LogP contribution is -2.51. The summed E-state index contributed by atoms with van der Waals surface area (Å²) in [7, 11) is 2.14. The van der Waals surface area contributed by atoms with Crippen LogP contribution in [0.5, 0.6) is 0 Å². The van der Waals surface area contributed by atoms with Gasteiger partial charge in [0.1, 0.15) is 0 Å². The number of hydrogen-bond acceptors (Lipinski definition) is 2. The molecule has 2 aliphatic rings. The molecule has 0 bridgehead atoms. The van der Waals surface area contributed by atoms with Crippen LogP contribution in [-0.4, -0.2) is 35.7 Å². The first-order chi connectivity index (χ1) is 7.21. The molecule has 2 fully saturated rings. The van der Waals surface area contributed by atoms with E-state index in [1.165, 1.54) is 44.9 Å². The number of likely N-dealkylation sites (N-methyl/N-ethyl adjacent to an activating group) is 1. The van der Waals surface area contributed by atoms with Crippen molar-refractivity contribution in [2.75, 3.05) is 20.1 Å². The highest BCUT2D eigenvalue weighted by atomic mass is 16.3. The number of aliphatic hydroxyl groups is 1. The lowest BCUT2D eigenvalue weighted by atomic mass is 9.77. The van der Waals surface area contributed by atoms with Gasteiger partial charge in [0.25, 0.3) is 0 Å². The van der Waals surface area contributed by atoms with Gasteiger partial charge in [-0.2, -0.15) is 0 Å². The zero-order valence-electron chi connectivity index (χ0n) is 10.0. The normalized spacial score (nSPS) is 36.4. The summed E-state index contributed by atoms with van der Waals surface area (Å²) in [5.74, 6) is 0.572. The number of β-amino-alcohol motifs (C(OH)–C–C–N with tert-alkyl or cyclic N) is 1. The Balaban J connectivity index is 1.98. The van der Waals surface area contributed by atoms with Gasteiger partial charge in [-0.1, -0.05) is 25.7 Å². The van der Waals surface area contributed by atoms with E-state index in [1.54, 1.807) is 0 Å². The maximum absolute atomic E-state index is 10.7. The Bertz CT molecular complexity index is 199. The minimum absolute atomic E-state index is 0.364. The van der Waals surface area contributed by atoms with Crippen LogP contribution in [0.2, 0.25) is 0 Å². The van der Waals surface area contributed by atoms with Crippen molar-refractivity contribution in [1.29, 1.82) is 0 Å². The molecule has 1 saturated carbocycles. The number of likely N-dealkylation sites (tertiary alicyclic amines) is 1. The summed E-state index contributed by atoms with van der Waals surface area (Å²) < 4.78 is 0. The molecular weight excluding hydrogens is 186 g/mol. The topological polar surface area (TPSA) is 23.5 Å². The Hall–Kier alpha value is -0.0800. The molecule has 15 heavy (non-hydrogen) atoms. The molecule has 1 unspecified atom stereocenters. The molecule has 88 valence electrons. The molecule has 0 spiro atoms. The molecule has 1 atom stereocenters. The van der Waals surface area contributed by atoms with E-state index in [4.69, 9.17) is 0 Å². The maximum atomic E-state index is 10.7. The summed E-state index contributed by atoms with van der Waals surface area (Å²) in [5, 5.41) is 10.7. The van der Waals surface area contributed by atoms with E-state index in [0.717, 1.165) is 19.5 Å². The van der Waals surface area contributed by atoms with Gasteiger partial charge >= 0.3 is 0 Å². The predicted octanol–water partition coefficient (Wildman–Crippen LogP) is 2.41. The van der Waals surface area contributed by atoms with E-state index in [2.05, 4.69) is 11.9 Å². The summed E-state index contributed by atoms with van der Waals surface area (Å²) in [6.45, 7) is 2.06. The van der Waals surface area contributed by atoms with Gasteiger partial charge in [0.05, 0.1) is 5.60 Å². The van der Waals surface area contributed by atoms with Crippen molar-refractivity contribution < 1.29 is 5.11 Å². The Kier molecular flexibility index (Phi) is 3.68. The molecule has 2 rings (SSSR count). The molecule has 1 aliphatic heterocycles. The molecule has 0 aromatic carbocycles. The van der Waals surface area contributed by atoms with Crippen LogP contribution in [0, 0.1) is 5.92 Å². The quantitative estimate of drug-likeness (QED) is 0.673. The standard InChI is InChI=1S/C13H25NO/c1-14-10-6-9-13(15,11-14)12-7-4-2-3-5-8-12/h12,15H,2-11H2,1H3. The van der Waals surface area contributed by atoms with E-state index in [0.29, 0.717) is 5.92 Å². The van der Waals surface area contributed by atoms with Crippen molar-refractivity contribution in [2.45, 2.75) is 57.0 Å². The minimum atomic E-state index is -0.364. The van der Waals surface area contributed by atoms with Crippen LogP contribution >= 0.6 is 0 Å². The zero-order chi connectivity index (χ0) is 10.7. The smallest absolute Gasteiger partial charge is 0.0802 e. The van der Waals surface area contributed by atoms with Gasteiger partial charge in [-0.3, -0.25) is 0 Å². The van der Waals surface area contributed by atoms with E-state index >= 15 is 0 Å². The van der Waals surface area contributed by atoms with Crippen LogP contribution in [0.3, 0.4) is 0 Å². The number of nitrogens with zero attached hydrogens (tertiary/aromatic N) is 1. The molecule has 1 heterocycles.